The number of nitrogens with one attached hydrogen (secondary N) is 1. The third-order valence-electron chi connectivity index (χ3n) is 6.43. The molecule has 0 radical (unpaired) electrons. The SMILES string of the molecule is CCC(C(=O)NC1CCCCC1)N(Cc1ccccc1Cl)C(=O)CN(c1ccc(Cl)cc1)S(C)(=O)=O. The number of halogens is 2. The maximum atomic E-state index is 13.7. The lowest BCUT2D eigenvalue weighted by molar-refractivity contribution is -0.140. The van der Waals surface area contributed by atoms with Crippen LogP contribution < -0.4 is 9.62 Å². The highest BCUT2D eigenvalue weighted by Crippen LogP contribution is 2.24. The molecule has 1 aliphatic rings. The Morgan fingerprint density at radius 1 is 1.03 bits per heavy atom. The van der Waals surface area contributed by atoms with Crippen LogP contribution in [0.25, 0.3) is 0 Å². The van der Waals surface area contributed by atoms with Crippen LogP contribution in [-0.2, 0) is 26.2 Å². The molecular weight excluding hydrogens is 521 g/mol. The quantitative estimate of drug-likeness (QED) is 0.447. The average Bonchev–Trinajstić information content (AvgIpc) is 2.84. The molecule has 196 valence electrons. The third-order valence-corrected chi connectivity index (χ3v) is 8.19. The second kappa shape index (κ2) is 12.8. The van der Waals surface area contributed by atoms with Gasteiger partial charge in [0.1, 0.15) is 12.6 Å². The van der Waals surface area contributed by atoms with Crippen molar-refractivity contribution in [3.8, 4) is 0 Å². The first-order valence-corrected chi connectivity index (χ1v) is 14.8. The summed E-state index contributed by atoms with van der Waals surface area (Å²) in [5.41, 5.74) is 0.987. The molecule has 0 aliphatic heterocycles. The molecule has 1 unspecified atom stereocenters. The number of benzene rings is 2. The highest BCUT2D eigenvalue weighted by molar-refractivity contribution is 7.92. The van der Waals surface area contributed by atoms with Gasteiger partial charge in [0.15, 0.2) is 0 Å². The second-order valence-corrected chi connectivity index (χ2v) is 11.9. The van der Waals surface area contributed by atoms with Crippen LogP contribution in [0, 0.1) is 0 Å². The van der Waals surface area contributed by atoms with Crippen molar-refractivity contribution < 1.29 is 18.0 Å². The van der Waals surface area contributed by atoms with Gasteiger partial charge in [0.25, 0.3) is 0 Å². The predicted molar refractivity (Wildman–Crippen MR) is 145 cm³/mol. The minimum Gasteiger partial charge on any atom is -0.352 e. The maximum absolute atomic E-state index is 13.7. The van der Waals surface area contributed by atoms with Crippen LogP contribution in [0.2, 0.25) is 10.0 Å². The summed E-state index contributed by atoms with van der Waals surface area (Å²) >= 11 is 12.4. The van der Waals surface area contributed by atoms with Crippen molar-refractivity contribution in [1.82, 2.24) is 10.2 Å². The van der Waals surface area contributed by atoms with Gasteiger partial charge in [0.2, 0.25) is 21.8 Å². The number of nitrogens with zero attached hydrogens (tertiary/aromatic N) is 2. The molecule has 0 saturated heterocycles. The Labute approximate surface area is 223 Å². The van der Waals surface area contributed by atoms with Crippen LogP contribution in [0.1, 0.15) is 51.0 Å². The lowest BCUT2D eigenvalue weighted by atomic mass is 9.95. The molecular formula is C26H33Cl2N3O4S. The van der Waals surface area contributed by atoms with Crippen molar-refractivity contribution in [2.24, 2.45) is 0 Å². The fraction of sp³-hybridized carbons (Fsp3) is 0.462. The lowest BCUT2D eigenvalue weighted by Crippen LogP contribution is -2.54. The Hall–Kier alpha value is -2.29. The number of hydrogen-bond acceptors (Lipinski definition) is 4. The molecule has 1 aliphatic carbocycles. The first-order valence-electron chi connectivity index (χ1n) is 12.2. The zero-order valence-corrected chi connectivity index (χ0v) is 23.0. The first-order chi connectivity index (χ1) is 17.1. The number of anilines is 1. The Balaban J connectivity index is 1.91. The Kier molecular flexibility index (Phi) is 10.0. The van der Waals surface area contributed by atoms with E-state index >= 15 is 0 Å². The van der Waals surface area contributed by atoms with Gasteiger partial charge in [-0.2, -0.15) is 0 Å². The predicted octanol–water partition coefficient (Wildman–Crippen LogP) is 5.02. The topological polar surface area (TPSA) is 86.8 Å². The summed E-state index contributed by atoms with van der Waals surface area (Å²) in [4.78, 5) is 28.5. The molecule has 1 N–H and O–H groups in total. The number of hydrogen-bond donors (Lipinski definition) is 1. The van der Waals surface area contributed by atoms with Crippen LogP contribution in [-0.4, -0.2) is 50.0 Å². The van der Waals surface area contributed by atoms with Gasteiger partial charge in [-0.05, 0) is 55.2 Å². The highest BCUT2D eigenvalue weighted by atomic mass is 35.5. The number of rotatable bonds is 10. The second-order valence-electron chi connectivity index (χ2n) is 9.13. The molecule has 1 atom stereocenters. The van der Waals surface area contributed by atoms with E-state index in [1.165, 1.54) is 4.90 Å². The number of sulfonamides is 1. The summed E-state index contributed by atoms with van der Waals surface area (Å²) in [6.07, 6.45) is 6.53. The fourth-order valence-electron chi connectivity index (χ4n) is 4.50. The van der Waals surface area contributed by atoms with Crippen molar-refractivity contribution >= 4 is 50.7 Å². The first kappa shape index (κ1) is 28.3. The van der Waals surface area contributed by atoms with Gasteiger partial charge in [-0.15, -0.1) is 0 Å². The van der Waals surface area contributed by atoms with Crippen molar-refractivity contribution in [3.63, 3.8) is 0 Å². The fourth-order valence-corrected chi connectivity index (χ4v) is 5.67. The van der Waals surface area contributed by atoms with E-state index in [-0.39, 0.29) is 18.5 Å². The van der Waals surface area contributed by atoms with E-state index in [2.05, 4.69) is 5.32 Å². The molecule has 3 rings (SSSR count). The molecule has 0 bridgehead atoms. The van der Waals surface area contributed by atoms with Crippen molar-refractivity contribution in [3.05, 3.63) is 64.1 Å². The van der Waals surface area contributed by atoms with E-state index in [0.29, 0.717) is 27.7 Å². The van der Waals surface area contributed by atoms with Crippen LogP contribution in [0.4, 0.5) is 5.69 Å². The van der Waals surface area contributed by atoms with Crippen molar-refractivity contribution in [2.45, 2.75) is 64.1 Å². The molecule has 0 spiro atoms. The smallest absolute Gasteiger partial charge is 0.244 e. The summed E-state index contributed by atoms with van der Waals surface area (Å²) in [6.45, 7) is 1.46. The number of carbonyl (C=O) groups excluding carboxylic acids is 2. The van der Waals surface area contributed by atoms with Gasteiger partial charge >= 0.3 is 0 Å². The van der Waals surface area contributed by atoms with E-state index < -0.39 is 28.5 Å². The summed E-state index contributed by atoms with van der Waals surface area (Å²) in [5.74, 6) is -0.733. The molecule has 2 amide bonds. The van der Waals surface area contributed by atoms with Crippen molar-refractivity contribution in [1.29, 1.82) is 0 Å². The molecule has 1 saturated carbocycles. The minimum absolute atomic E-state index is 0.0767. The maximum Gasteiger partial charge on any atom is 0.244 e. The van der Waals surface area contributed by atoms with Gasteiger partial charge in [-0.1, -0.05) is 67.6 Å². The Bertz CT molecular complexity index is 1150. The van der Waals surface area contributed by atoms with Gasteiger partial charge in [0.05, 0.1) is 11.9 Å². The third kappa shape index (κ3) is 7.60. The molecule has 0 heterocycles. The van der Waals surface area contributed by atoms with Crippen LogP contribution in [0.15, 0.2) is 48.5 Å². The molecule has 36 heavy (non-hydrogen) atoms. The van der Waals surface area contributed by atoms with Crippen LogP contribution in [0.5, 0.6) is 0 Å². The highest BCUT2D eigenvalue weighted by Gasteiger charge is 2.33. The molecule has 2 aromatic carbocycles. The van der Waals surface area contributed by atoms with Crippen LogP contribution in [0.3, 0.4) is 0 Å². The lowest BCUT2D eigenvalue weighted by Gasteiger charge is -2.34. The monoisotopic (exact) mass is 553 g/mol. The van der Waals surface area contributed by atoms with E-state index in [9.17, 15) is 18.0 Å². The summed E-state index contributed by atoms with van der Waals surface area (Å²) < 4.78 is 26.3. The average molecular weight is 555 g/mol. The van der Waals surface area contributed by atoms with Crippen molar-refractivity contribution in [2.75, 3.05) is 17.1 Å². The van der Waals surface area contributed by atoms with E-state index in [0.717, 1.165) is 42.7 Å². The Morgan fingerprint density at radius 3 is 2.25 bits per heavy atom. The van der Waals surface area contributed by atoms with Gasteiger partial charge in [-0.25, -0.2) is 8.42 Å². The van der Waals surface area contributed by atoms with Gasteiger partial charge < -0.3 is 10.2 Å². The molecule has 1 fully saturated rings. The van der Waals surface area contributed by atoms with Crippen LogP contribution >= 0.6 is 23.2 Å². The number of carbonyl (C=O) groups is 2. The van der Waals surface area contributed by atoms with Gasteiger partial charge in [0, 0.05) is 22.6 Å². The summed E-state index contributed by atoms with van der Waals surface area (Å²) in [7, 11) is -3.80. The molecule has 10 heteroatoms. The van der Waals surface area contributed by atoms with E-state index in [1.54, 1.807) is 42.5 Å². The zero-order chi connectivity index (χ0) is 26.3. The van der Waals surface area contributed by atoms with Gasteiger partial charge in [-0.3, -0.25) is 13.9 Å². The van der Waals surface area contributed by atoms with E-state index in [4.69, 9.17) is 23.2 Å². The minimum atomic E-state index is -3.80. The largest absolute Gasteiger partial charge is 0.352 e. The normalized spacial score (nSPS) is 15.2. The summed E-state index contributed by atoms with van der Waals surface area (Å²) in [5, 5.41) is 4.03. The Morgan fingerprint density at radius 2 is 1.67 bits per heavy atom. The molecule has 2 aromatic rings. The number of amides is 2. The zero-order valence-electron chi connectivity index (χ0n) is 20.6. The molecule has 0 aromatic heterocycles. The summed E-state index contributed by atoms with van der Waals surface area (Å²) in [6, 6.07) is 12.6. The van der Waals surface area contributed by atoms with E-state index in [1.807, 2.05) is 13.0 Å². The molecule has 7 nitrogen and oxygen atoms in total. The standard InChI is InChI=1S/C26H33Cl2N3O4S/c1-3-24(26(33)29-21-10-5-4-6-11-21)30(17-19-9-7-8-12-23(19)28)25(32)18-31(36(2,34)35)22-15-13-20(27)14-16-22/h7-9,12-16,21,24H,3-6,10-11,17-18H2,1-2H3,(H,29,33).